The highest BCUT2D eigenvalue weighted by atomic mass is 16.7. The molecular formula is C14H22O2. The van der Waals surface area contributed by atoms with E-state index < -0.39 is 0 Å². The van der Waals surface area contributed by atoms with Crippen molar-refractivity contribution < 1.29 is 9.47 Å². The number of rotatable bonds is 5. The van der Waals surface area contributed by atoms with Crippen LogP contribution < -0.4 is 0 Å². The molecule has 90 valence electrons. The SMILES string of the molecule is C=CC1OC(C=CCCC=CC)OC1(C)C. The second-order valence-electron chi connectivity index (χ2n) is 4.46. The summed E-state index contributed by atoms with van der Waals surface area (Å²) in [6, 6.07) is 0. The lowest BCUT2D eigenvalue weighted by Crippen LogP contribution is -2.30. The molecule has 2 unspecified atom stereocenters. The van der Waals surface area contributed by atoms with Crippen molar-refractivity contribution in [2.45, 2.75) is 51.6 Å². The number of unbranched alkanes of at least 4 members (excludes halogenated alkanes) is 1. The Morgan fingerprint density at radius 2 is 1.94 bits per heavy atom. The monoisotopic (exact) mass is 222 g/mol. The number of ether oxygens (including phenoxy) is 2. The van der Waals surface area contributed by atoms with Gasteiger partial charge in [-0.1, -0.05) is 24.3 Å². The summed E-state index contributed by atoms with van der Waals surface area (Å²) in [7, 11) is 0. The standard InChI is InChI=1S/C14H22O2/c1-5-7-8-9-10-11-13-15-12(6-2)14(3,4)16-13/h5-7,10-13H,2,8-9H2,1,3-4H3. The molecule has 0 N–H and O–H groups in total. The maximum atomic E-state index is 5.76. The van der Waals surface area contributed by atoms with Crippen LogP contribution in [0.2, 0.25) is 0 Å². The molecule has 1 aliphatic rings. The Hall–Kier alpha value is -0.860. The molecule has 0 radical (unpaired) electrons. The zero-order valence-electron chi connectivity index (χ0n) is 10.5. The molecule has 0 bridgehead atoms. The molecule has 0 aliphatic carbocycles. The molecule has 2 atom stereocenters. The van der Waals surface area contributed by atoms with E-state index in [1.54, 1.807) is 6.08 Å². The van der Waals surface area contributed by atoms with Crippen molar-refractivity contribution >= 4 is 0 Å². The Balaban J connectivity index is 2.38. The molecular weight excluding hydrogens is 200 g/mol. The maximum absolute atomic E-state index is 5.76. The zero-order chi connectivity index (χ0) is 12.0. The van der Waals surface area contributed by atoms with Gasteiger partial charge in [-0.05, 0) is 39.7 Å². The summed E-state index contributed by atoms with van der Waals surface area (Å²) < 4.78 is 11.4. The number of hydrogen-bond acceptors (Lipinski definition) is 2. The number of hydrogen-bond donors (Lipinski definition) is 0. The van der Waals surface area contributed by atoms with Gasteiger partial charge in [-0.2, -0.15) is 0 Å². The average molecular weight is 222 g/mol. The molecule has 0 aromatic rings. The van der Waals surface area contributed by atoms with Gasteiger partial charge in [-0.3, -0.25) is 0 Å². The third-order valence-electron chi connectivity index (χ3n) is 2.63. The minimum absolute atomic E-state index is 0.0299. The van der Waals surface area contributed by atoms with Gasteiger partial charge in [-0.25, -0.2) is 0 Å². The van der Waals surface area contributed by atoms with Crippen LogP contribution in [0, 0.1) is 0 Å². The van der Waals surface area contributed by atoms with E-state index in [4.69, 9.17) is 9.47 Å². The molecule has 1 aliphatic heterocycles. The van der Waals surface area contributed by atoms with E-state index in [2.05, 4.69) is 24.8 Å². The van der Waals surface area contributed by atoms with Crippen LogP contribution >= 0.6 is 0 Å². The van der Waals surface area contributed by atoms with E-state index in [-0.39, 0.29) is 18.0 Å². The van der Waals surface area contributed by atoms with Crippen LogP contribution in [0.3, 0.4) is 0 Å². The molecule has 1 fully saturated rings. The van der Waals surface area contributed by atoms with Crippen molar-refractivity contribution in [3.63, 3.8) is 0 Å². The van der Waals surface area contributed by atoms with Crippen LogP contribution in [0.4, 0.5) is 0 Å². The van der Waals surface area contributed by atoms with Gasteiger partial charge < -0.3 is 9.47 Å². The topological polar surface area (TPSA) is 18.5 Å². The highest BCUT2D eigenvalue weighted by molar-refractivity contribution is 5.01. The lowest BCUT2D eigenvalue weighted by molar-refractivity contribution is -0.0452. The Labute approximate surface area is 98.6 Å². The van der Waals surface area contributed by atoms with E-state index in [0.717, 1.165) is 12.8 Å². The Kier molecular flexibility index (Phi) is 4.97. The molecule has 0 saturated carbocycles. The molecule has 2 heteroatoms. The van der Waals surface area contributed by atoms with E-state index >= 15 is 0 Å². The average Bonchev–Trinajstić information content (AvgIpc) is 2.52. The van der Waals surface area contributed by atoms with Crippen molar-refractivity contribution in [1.29, 1.82) is 0 Å². The minimum Gasteiger partial charge on any atom is -0.340 e. The first kappa shape index (κ1) is 13.2. The molecule has 0 aromatic carbocycles. The van der Waals surface area contributed by atoms with Crippen LogP contribution in [0.5, 0.6) is 0 Å². The molecule has 2 nitrogen and oxygen atoms in total. The van der Waals surface area contributed by atoms with Crippen molar-refractivity contribution in [2.75, 3.05) is 0 Å². The normalized spacial score (nSPS) is 29.2. The summed E-state index contributed by atoms with van der Waals surface area (Å²) >= 11 is 0. The summed E-state index contributed by atoms with van der Waals surface area (Å²) in [5.74, 6) is 0. The molecule has 16 heavy (non-hydrogen) atoms. The lowest BCUT2D eigenvalue weighted by atomic mass is 10.0. The molecule has 0 spiro atoms. The van der Waals surface area contributed by atoms with Gasteiger partial charge in [0.2, 0.25) is 0 Å². The zero-order valence-corrected chi connectivity index (χ0v) is 10.5. The highest BCUT2D eigenvalue weighted by Crippen LogP contribution is 2.30. The predicted octanol–water partition coefficient (Wildman–Crippen LogP) is 3.61. The molecule has 1 rings (SSSR count). The third-order valence-corrected chi connectivity index (χ3v) is 2.63. The van der Waals surface area contributed by atoms with Crippen LogP contribution in [0.1, 0.15) is 33.6 Å². The van der Waals surface area contributed by atoms with E-state index in [1.807, 2.05) is 26.8 Å². The van der Waals surface area contributed by atoms with Crippen molar-refractivity contribution in [1.82, 2.24) is 0 Å². The first-order chi connectivity index (χ1) is 7.60. The first-order valence-corrected chi connectivity index (χ1v) is 5.84. The Morgan fingerprint density at radius 1 is 1.25 bits per heavy atom. The summed E-state index contributed by atoms with van der Waals surface area (Å²) in [5.41, 5.74) is -0.278. The fraction of sp³-hybridized carbons (Fsp3) is 0.571. The van der Waals surface area contributed by atoms with Crippen LogP contribution in [0.15, 0.2) is 37.0 Å². The van der Waals surface area contributed by atoms with E-state index in [1.165, 1.54) is 0 Å². The highest BCUT2D eigenvalue weighted by Gasteiger charge is 2.39. The van der Waals surface area contributed by atoms with Crippen molar-refractivity contribution in [3.05, 3.63) is 37.0 Å². The fourth-order valence-corrected chi connectivity index (χ4v) is 1.69. The van der Waals surface area contributed by atoms with Crippen molar-refractivity contribution in [3.8, 4) is 0 Å². The van der Waals surface area contributed by atoms with E-state index in [9.17, 15) is 0 Å². The van der Waals surface area contributed by atoms with Gasteiger partial charge in [0.05, 0.1) is 5.60 Å². The van der Waals surface area contributed by atoms with Gasteiger partial charge in [0.1, 0.15) is 6.10 Å². The number of allylic oxidation sites excluding steroid dienone is 3. The van der Waals surface area contributed by atoms with Crippen LogP contribution in [0.25, 0.3) is 0 Å². The largest absolute Gasteiger partial charge is 0.340 e. The second-order valence-corrected chi connectivity index (χ2v) is 4.46. The quantitative estimate of drug-likeness (QED) is 0.522. The first-order valence-electron chi connectivity index (χ1n) is 5.84. The Morgan fingerprint density at radius 3 is 2.50 bits per heavy atom. The summed E-state index contributed by atoms with van der Waals surface area (Å²) in [5, 5.41) is 0. The summed E-state index contributed by atoms with van der Waals surface area (Å²) in [4.78, 5) is 0. The van der Waals surface area contributed by atoms with Crippen molar-refractivity contribution in [2.24, 2.45) is 0 Å². The summed E-state index contributed by atoms with van der Waals surface area (Å²) in [6.45, 7) is 9.83. The Bertz CT molecular complexity index is 276. The van der Waals surface area contributed by atoms with Gasteiger partial charge in [0, 0.05) is 0 Å². The van der Waals surface area contributed by atoms with Crippen LogP contribution in [-0.4, -0.2) is 18.0 Å². The smallest absolute Gasteiger partial charge is 0.178 e. The third kappa shape index (κ3) is 3.62. The van der Waals surface area contributed by atoms with Gasteiger partial charge in [0.15, 0.2) is 6.29 Å². The van der Waals surface area contributed by atoms with Gasteiger partial charge in [-0.15, -0.1) is 6.58 Å². The predicted molar refractivity (Wildman–Crippen MR) is 67.2 cm³/mol. The minimum atomic E-state index is -0.278. The molecule has 0 amide bonds. The maximum Gasteiger partial charge on any atom is 0.178 e. The summed E-state index contributed by atoms with van der Waals surface area (Å²) in [6.07, 6.45) is 11.9. The fourth-order valence-electron chi connectivity index (χ4n) is 1.69. The van der Waals surface area contributed by atoms with E-state index in [0.29, 0.717) is 0 Å². The lowest BCUT2D eigenvalue weighted by Gasteiger charge is -2.19. The van der Waals surface area contributed by atoms with Gasteiger partial charge >= 0.3 is 0 Å². The van der Waals surface area contributed by atoms with Crippen LogP contribution in [-0.2, 0) is 9.47 Å². The molecule has 1 saturated heterocycles. The second kappa shape index (κ2) is 6.02. The van der Waals surface area contributed by atoms with Gasteiger partial charge in [0.25, 0.3) is 0 Å². The molecule has 0 aromatic heterocycles. The molecule has 1 heterocycles.